The fraction of sp³-hybridized carbons (Fsp3) is 0.353. The maximum atomic E-state index is 9.81. The average molecular weight is 268 g/mol. The van der Waals surface area contributed by atoms with Gasteiger partial charge in [0.15, 0.2) is 0 Å². The first-order valence-electron chi connectivity index (χ1n) is 7.23. The number of anilines is 1. The number of hydrogen-bond donors (Lipinski definition) is 1. The molecule has 2 heterocycles. The number of nitrogens with zero attached hydrogens (tertiary/aromatic N) is 2. The molecule has 0 unspecified atom stereocenters. The molecular weight excluding hydrogens is 248 g/mol. The summed E-state index contributed by atoms with van der Waals surface area (Å²) in [4.78, 5) is 6.81. The van der Waals surface area contributed by atoms with Gasteiger partial charge in [-0.25, -0.2) is 4.98 Å². The van der Waals surface area contributed by atoms with Gasteiger partial charge in [0.05, 0.1) is 6.10 Å². The lowest BCUT2D eigenvalue weighted by Crippen LogP contribution is -2.30. The summed E-state index contributed by atoms with van der Waals surface area (Å²) in [6, 6.07) is 12.6. The lowest BCUT2D eigenvalue weighted by molar-refractivity contribution is 0.173. The zero-order chi connectivity index (χ0) is 13.9. The first-order valence-corrected chi connectivity index (χ1v) is 7.23. The Hall–Kier alpha value is -1.87. The second-order valence-corrected chi connectivity index (χ2v) is 5.31. The molecule has 0 spiro atoms. The SMILES string of the molecule is CC[C@H](O)c1ccc(N2CCc3ccccc3C2)nc1. The van der Waals surface area contributed by atoms with Crippen molar-refractivity contribution in [2.24, 2.45) is 0 Å². The maximum Gasteiger partial charge on any atom is 0.128 e. The second-order valence-electron chi connectivity index (χ2n) is 5.31. The predicted octanol–water partition coefficient (Wildman–Crippen LogP) is 3.09. The Kier molecular flexibility index (Phi) is 3.70. The van der Waals surface area contributed by atoms with Crippen molar-refractivity contribution < 1.29 is 5.11 Å². The van der Waals surface area contributed by atoms with E-state index < -0.39 is 6.10 Å². The minimum absolute atomic E-state index is 0.404. The molecule has 3 nitrogen and oxygen atoms in total. The highest BCUT2D eigenvalue weighted by Crippen LogP contribution is 2.24. The van der Waals surface area contributed by atoms with Crippen LogP contribution in [0.3, 0.4) is 0 Å². The number of pyridine rings is 1. The van der Waals surface area contributed by atoms with Crippen LogP contribution in [-0.4, -0.2) is 16.6 Å². The third-order valence-corrected chi connectivity index (χ3v) is 4.00. The van der Waals surface area contributed by atoms with Gasteiger partial charge in [-0.3, -0.25) is 0 Å². The summed E-state index contributed by atoms with van der Waals surface area (Å²) in [6.45, 7) is 3.89. The smallest absolute Gasteiger partial charge is 0.128 e. The van der Waals surface area contributed by atoms with Crippen molar-refractivity contribution in [3.05, 3.63) is 59.3 Å². The molecular formula is C17H20N2O. The normalized spacial score (nSPS) is 15.8. The third-order valence-electron chi connectivity index (χ3n) is 4.00. The van der Waals surface area contributed by atoms with E-state index in [0.29, 0.717) is 0 Å². The molecule has 104 valence electrons. The molecule has 1 aliphatic rings. The van der Waals surface area contributed by atoms with E-state index in [1.54, 1.807) is 6.20 Å². The lowest BCUT2D eigenvalue weighted by Gasteiger charge is -2.29. The fourth-order valence-corrected chi connectivity index (χ4v) is 2.71. The third kappa shape index (κ3) is 2.54. The Morgan fingerprint density at radius 2 is 2.00 bits per heavy atom. The van der Waals surface area contributed by atoms with E-state index in [-0.39, 0.29) is 0 Å². The van der Waals surface area contributed by atoms with Gasteiger partial charge >= 0.3 is 0 Å². The van der Waals surface area contributed by atoms with Crippen LogP contribution in [0.1, 0.15) is 36.1 Å². The number of hydrogen-bond acceptors (Lipinski definition) is 3. The summed E-state index contributed by atoms with van der Waals surface area (Å²) in [7, 11) is 0. The van der Waals surface area contributed by atoms with Gasteiger partial charge < -0.3 is 10.0 Å². The summed E-state index contributed by atoms with van der Waals surface area (Å²) in [5.74, 6) is 0.992. The summed E-state index contributed by atoms with van der Waals surface area (Å²) in [6.07, 6.45) is 3.18. The quantitative estimate of drug-likeness (QED) is 0.929. The highest BCUT2D eigenvalue weighted by molar-refractivity contribution is 5.44. The molecule has 0 radical (unpaired) electrons. The van der Waals surface area contributed by atoms with Crippen molar-refractivity contribution in [1.82, 2.24) is 4.98 Å². The van der Waals surface area contributed by atoms with E-state index in [2.05, 4.69) is 34.1 Å². The molecule has 0 aliphatic carbocycles. The molecule has 3 rings (SSSR count). The Balaban J connectivity index is 1.78. The van der Waals surface area contributed by atoms with Gasteiger partial charge in [-0.05, 0) is 35.6 Å². The van der Waals surface area contributed by atoms with E-state index in [0.717, 1.165) is 37.3 Å². The van der Waals surface area contributed by atoms with E-state index in [9.17, 15) is 5.11 Å². The number of aromatic nitrogens is 1. The molecule has 3 heteroatoms. The van der Waals surface area contributed by atoms with Gasteiger partial charge in [0.1, 0.15) is 5.82 Å². The highest BCUT2D eigenvalue weighted by atomic mass is 16.3. The molecule has 20 heavy (non-hydrogen) atoms. The van der Waals surface area contributed by atoms with Crippen LogP contribution >= 0.6 is 0 Å². The fourth-order valence-electron chi connectivity index (χ4n) is 2.71. The van der Waals surface area contributed by atoms with Crippen molar-refractivity contribution in [2.75, 3.05) is 11.4 Å². The topological polar surface area (TPSA) is 36.4 Å². The summed E-state index contributed by atoms with van der Waals surface area (Å²) < 4.78 is 0. The molecule has 1 aromatic carbocycles. The largest absolute Gasteiger partial charge is 0.388 e. The van der Waals surface area contributed by atoms with Crippen molar-refractivity contribution >= 4 is 5.82 Å². The van der Waals surface area contributed by atoms with Gasteiger partial charge in [0.25, 0.3) is 0 Å². The van der Waals surface area contributed by atoms with Crippen LogP contribution in [0, 0.1) is 0 Å². The first kappa shape index (κ1) is 13.1. The van der Waals surface area contributed by atoms with Crippen molar-refractivity contribution in [1.29, 1.82) is 0 Å². The first-order chi connectivity index (χ1) is 9.78. The van der Waals surface area contributed by atoms with Crippen LogP contribution in [0.25, 0.3) is 0 Å². The van der Waals surface area contributed by atoms with Crippen LogP contribution in [0.2, 0.25) is 0 Å². The van der Waals surface area contributed by atoms with Crippen molar-refractivity contribution in [2.45, 2.75) is 32.4 Å². The molecule has 1 N–H and O–H groups in total. The van der Waals surface area contributed by atoms with Crippen LogP contribution in [0.15, 0.2) is 42.6 Å². The van der Waals surface area contributed by atoms with Gasteiger partial charge in [-0.2, -0.15) is 0 Å². The maximum absolute atomic E-state index is 9.81. The molecule has 1 atom stereocenters. The average Bonchev–Trinajstić information content (AvgIpc) is 2.54. The predicted molar refractivity (Wildman–Crippen MR) is 80.7 cm³/mol. The molecule has 2 aromatic rings. The number of aliphatic hydroxyl groups excluding tert-OH is 1. The molecule has 0 saturated heterocycles. The zero-order valence-corrected chi connectivity index (χ0v) is 11.8. The van der Waals surface area contributed by atoms with Crippen LogP contribution in [0.4, 0.5) is 5.82 Å². The van der Waals surface area contributed by atoms with Crippen LogP contribution < -0.4 is 4.90 Å². The molecule has 0 amide bonds. The lowest BCUT2D eigenvalue weighted by atomic mass is 10.00. The molecule has 0 saturated carbocycles. The number of rotatable bonds is 3. The van der Waals surface area contributed by atoms with Crippen molar-refractivity contribution in [3.63, 3.8) is 0 Å². The standard InChI is InChI=1S/C17H20N2O/c1-2-16(20)14-7-8-17(18-11-14)19-10-9-13-5-3-4-6-15(13)12-19/h3-8,11,16,20H,2,9-10,12H2,1H3/t16-/m0/s1. The summed E-state index contributed by atoms with van der Waals surface area (Å²) in [5.41, 5.74) is 3.73. The van der Waals surface area contributed by atoms with Gasteiger partial charge in [0, 0.05) is 19.3 Å². The van der Waals surface area contributed by atoms with E-state index in [1.807, 2.05) is 19.1 Å². The Labute approximate surface area is 119 Å². The summed E-state index contributed by atoms with van der Waals surface area (Å²) >= 11 is 0. The van der Waals surface area contributed by atoms with Gasteiger partial charge in [-0.1, -0.05) is 37.3 Å². The zero-order valence-electron chi connectivity index (χ0n) is 11.8. The minimum atomic E-state index is -0.404. The number of benzene rings is 1. The number of aliphatic hydroxyl groups is 1. The monoisotopic (exact) mass is 268 g/mol. The van der Waals surface area contributed by atoms with E-state index in [1.165, 1.54) is 11.1 Å². The van der Waals surface area contributed by atoms with Gasteiger partial charge in [-0.15, -0.1) is 0 Å². The molecule has 1 aliphatic heterocycles. The van der Waals surface area contributed by atoms with Gasteiger partial charge in [0.2, 0.25) is 0 Å². The van der Waals surface area contributed by atoms with Crippen LogP contribution in [-0.2, 0) is 13.0 Å². The molecule has 1 aromatic heterocycles. The Morgan fingerprint density at radius 1 is 1.20 bits per heavy atom. The Bertz CT molecular complexity index is 580. The summed E-state index contributed by atoms with van der Waals surface area (Å²) in [5, 5.41) is 9.81. The minimum Gasteiger partial charge on any atom is -0.388 e. The molecule has 0 fully saturated rings. The Morgan fingerprint density at radius 3 is 2.70 bits per heavy atom. The highest BCUT2D eigenvalue weighted by Gasteiger charge is 2.17. The van der Waals surface area contributed by atoms with Crippen molar-refractivity contribution in [3.8, 4) is 0 Å². The second kappa shape index (κ2) is 5.63. The van der Waals surface area contributed by atoms with Crippen LogP contribution in [0.5, 0.6) is 0 Å². The van der Waals surface area contributed by atoms with E-state index in [4.69, 9.17) is 0 Å². The van der Waals surface area contributed by atoms with E-state index >= 15 is 0 Å². The molecule has 0 bridgehead atoms. The number of fused-ring (bicyclic) bond motifs is 1.